The number of rotatable bonds is 3. The molecule has 3 nitrogen and oxygen atoms in total. The fourth-order valence-electron chi connectivity index (χ4n) is 1.86. The molecule has 0 saturated carbocycles. The predicted molar refractivity (Wildman–Crippen MR) is 72.9 cm³/mol. The van der Waals surface area contributed by atoms with Crippen LogP contribution in [0, 0.1) is 6.92 Å². The minimum absolute atomic E-state index is 0.0337. The molecule has 0 bridgehead atoms. The number of benzene rings is 1. The second kappa shape index (κ2) is 5.27. The first-order chi connectivity index (χ1) is 8.67. The second-order valence-electron chi connectivity index (χ2n) is 3.98. The molecule has 0 aliphatic heterocycles. The lowest BCUT2D eigenvalue weighted by Crippen LogP contribution is -2.13. The van der Waals surface area contributed by atoms with Gasteiger partial charge in [0.1, 0.15) is 5.75 Å². The fourth-order valence-corrected chi connectivity index (χ4v) is 2.06. The Bertz CT molecular complexity index is 619. The van der Waals surface area contributed by atoms with Gasteiger partial charge >= 0.3 is 0 Å². The van der Waals surface area contributed by atoms with E-state index in [2.05, 4.69) is 0 Å². The van der Waals surface area contributed by atoms with Crippen molar-refractivity contribution in [2.45, 2.75) is 12.8 Å². The van der Waals surface area contributed by atoms with Gasteiger partial charge in [0.05, 0.1) is 18.7 Å². The monoisotopic (exact) mass is 263 g/mol. The molecule has 1 aromatic carbocycles. The third kappa shape index (κ3) is 2.27. The summed E-state index contributed by atoms with van der Waals surface area (Å²) in [7, 11) is 1.62. The first-order valence-electron chi connectivity index (χ1n) is 5.59. The van der Waals surface area contributed by atoms with Gasteiger partial charge in [0.15, 0.2) is 5.43 Å². The van der Waals surface area contributed by atoms with Crippen LogP contribution in [0.25, 0.3) is 5.69 Å². The van der Waals surface area contributed by atoms with Gasteiger partial charge in [-0.25, -0.2) is 0 Å². The third-order valence-electron chi connectivity index (χ3n) is 2.81. The minimum atomic E-state index is -0.0337. The largest absolute Gasteiger partial charge is 0.495 e. The van der Waals surface area contributed by atoms with E-state index in [1.165, 1.54) is 0 Å². The second-order valence-corrected chi connectivity index (χ2v) is 4.25. The average molecular weight is 264 g/mol. The van der Waals surface area contributed by atoms with Gasteiger partial charge in [0, 0.05) is 23.5 Å². The summed E-state index contributed by atoms with van der Waals surface area (Å²) < 4.78 is 7.24. The summed E-state index contributed by atoms with van der Waals surface area (Å²) in [4.78, 5) is 11.7. The molecule has 1 heterocycles. The van der Waals surface area contributed by atoms with Crippen molar-refractivity contribution in [2.75, 3.05) is 7.11 Å². The van der Waals surface area contributed by atoms with E-state index in [0.29, 0.717) is 5.56 Å². The number of hydrogen-bond acceptors (Lipinski definition) is 2. The molecule has 94 valence electrons. The number of aryl methyl sites for hydroxylation is 1. The highest BCUT2D eigenvalue weighted by atomic mass is 35.5. The van der Waals surface area contributed by atoms with Crippen LogP contribution in [0.3, 0.4) is 0 Å². The van der Waals surface area contributed by atoms with Gasteiger partial charge in [-0.2, -0.15) is 0 Å². The van der Waals surface area contributed by atoms with Crippen molar-refractivity contribution >= 4 is 11.6 Å². The number of pyridine rings is 1. The normalized spacial score (nSPS) is 10.4. The van der Waals surface area contributed by atoms with Gasteiger partial charge in [-0.1, -0.05) is 12.1 Å². The van der Waals surface area contributed by atoms with Gasteiger partial charge in [-0.3, -0.25) is 4.79 Å². The number of halogens is 1. The third-order valence-corrected chi connectivity index (χ3v) is 3.10. The highest BCUT2D eigenvalue weighted by Crippen LogP contribution is 2.23. The maximum absolute atomic E-state index is 11.7. The molecule has 0 radical (unpaired) electrons. The van der Waals surface area contributed by atoms with E-state index in [-0.39, 0.29) is 11.3 Å². The zero-order valence-electron chi connectivity index (χ0n) is 10.3. The Morgan fingerprint density at radius 2 is 2.06 bits per heavy atom. The molecule has 0 unspecified atom stereocenters. The van der Waals surface area contributed by atoms with Crippen molar-refractivity contribution in [1.82, 2.24) is 4.57 Å². The van der Waals surface area contributed by atoms with E-state index < -0.39 is 0 Å². The van der Waals surface area contributed by atoms with Crippen molar-refractivity contribution in [3.8, 4) is 11.4 Å². The molecule has 2 rings (SSSR count). The Labute approximate surface area is 111 Å². The molecule has 4 heteroatoms. The molecule has 2 aromatic rings. The molecule has 0 aliphatic carbocycles. The van der Waals surface area contributed by atoms with Crippen LogP contribution in [0.5, 0.6) is 5.75 Å². The number of aromatic nitrogens is 1. The van der Waals surface area contributed by atoms with Crippen LogP contribution < -0.4 is 10.2 Å². The van der Waals surface area contributed by atoms with Crippen molar-refractivity contribution in [2.24, 2.45) is 0 Å². The van der Waals surface area contributed by atoms with Gasteiger partial charge in [0.25, 0.3) is 0 Å². The van der Waals surface area contributed by atoms with E-state index in [9.17, 15) is 4.79 Å². The van der Waals surface area contributed by atoms with E-state index >= 15 is 0 Å². The molecule has 0 aliphatic rings. The van der Waals surface area contributed by atoms with Crippen LogP contribution in [0.4, 0.5) is 0 Å². The van der Waals surface area contributed by atoms with Crippen molar-refractivity contribution < 1.29 is 4.74 Å². The van der Waals surface area contributed by atoms with Gasteiger partial charge in [-0.05, 0) is 19.1 Å². The molecule has 0 atom stereocenters. The van der Waals surface area contributed by atoms with Crippen LogP contribution in [0.1, 0.15) is 11.3 Å². The Balaban J connectivity index is 2.67. The molecule has 0 saturated heterocycles. The lowest BCUT2D eigenvalue weighted by molar-refractivity contribution is 0.412. The number of para-hydroxylation sites is 2. The van der Waals surface area contributed by atoms with Crippen molar-refractivity contribution in [3.63, 3.8) is 0 Å². The molecule has 0 spiro atoms. The van der Waals surface area contributed by atoms with E-state index in [1.807, 2.05) is 35.8 Å². The molecule has 0 fully saturated rings. The Kier molecular flexibility index (Phi) is 3.72. The average Bonchev–Trinajstić information content (AvgIpc) is 2.39. The number of ether oxygens (including phenoxy) is 1. The summed E-state index contributed by atoms with van der Waals surface area (Å²) >= 11 is 5.77. The molecular weight excluding hydrogens is 250 g/mol. The summed E-state index contributed by atoms with van der Waals surface area (Å²) in [5, 5.41) is 0. The van der Waals surface area contributed by atoms with Crippen LogP contribution >= 0.6 is 11.6 Å². The fraction of sp³-hybridized carbons (Fsp3) is 0.214. The summed E-state index contributed by atoms with van der Waals surface area (Å²) in [6.45, 7) is 1.88. The summed E-state index contributed by atoms with van der Waals surface area (Å²) in [5.74, 6) is 0.957. The predicted octanol–water partition coefficient (Wildman–Crippen LogP) is 2.89. The highest BCUT2D eigenvalue weighted by Gasteiger charge is 2.08. The summed E-state index contributed by atoms with van der Waals surface area (Å²) in [6.07, 6.45) is 1.77. The number of alkyl halides is 1. The lowest BCUT2D eigenvalue weighted by atomic mass is 10.2. The maximum Gasteiger partial charge on any atom is 0.186 e. The Morgan fingerprint density at radius 1 is 1.33 bits per heavy atom. The van der Waals surface area contributed by atoms with Crippen molar-refractivity contribution in [1.29, 1.82) is 0 Å². The van der Waals surface area contributed by atoms with Crippen LogP contribution in [0.15, 0.2) is 41.3 Å². The van der Waals surface area contributed by atoms with Gasteiger partial charge in [-0.15, -0.1) is 11.6 Å². The maximum atomic E-state index is 11.7. The number of hydrogen-bond donors (Lipinski definition) is 0. The molecule has 18 heavy (non-hydrogen) atoms. The quantitative estimate of drug-likeness (QED) is 0.798. The summed E-state index contributed by atoms with van der Waals surface area (Å²) in [5.41, 5.74) is 2.28. The zero-order chi connectivity index (χ0) is 13.1. The standard InChI is InChI=1S/C14H14ClNO2/c1-10-7-13(17)11(8-15)9-16(10)12-5-3-4-6-14(12)18-2/h3-7,9H,8H2,1-2H3. The number of nitrogens with zero attached hydrogens (tertiary/aromatic N) is 1. The first kappa shape index (κ1) is 12.7. The number of methoxy groups -OCH3 is 1. The molecule has 1 aromatic heterocycles. The molecule has 0 N–H and O–H groups in total. The van der Waals surface area contributed by atoms with E-state index in [0.717, 1.165) is 17.1 Å². The van der Waals surface area contributed by atoms with Crippen LogP contribution in [-0.2, 0) is 5.88 Å². The van der Waals surface area contributed by atoms with E-state index in [4.69, 9.17) is 16.3 Å². The zero-order valence-corrected chi connectivity index (χ0v) is 11.1. The van der Waals surface area contributed by atoms with Crippen LogP contribution in [-0.4, -0.2) is 11.7 Å². The summed E-state index contributed by atoms with van der Waals surface area (Å²) in [6, 6.07) is 9.24. The molecular formula is C14H14ClNO2. The van der Waals surface area contributed by atoms with Crippen LogP contribution in [0.2, 0.25) is 0 Å². The Morgan fingerprint density at radius 3 is 2.72 bits per heavy atom. The first-order valence-corrected chi connectivity index (χ1v) is 6.12. The van der Waals surface area contributed by atoms with Crippen molar-refractivity contribution in [3.05, 3.63) is 58.0 Å². The molecule has 0 amide bonds. The topological polar surface area (TPSA) is 31.2 Å². The Hall–Kier alpha value is -1.74. The smallest absolute Gasteiger partial charge is 0.186 e. The van der Waals surface area contributed by atoms with Gasteiger partial charge in [0.2, 0.25) is 0 Å². The minimum Gasteiger partial charge on any atom is -0.495 e. The van der Waals surface area contributed by atoms with Gasteiger partial charge < -0.3 is 9.30 Å². The lowest BCUT2D eigenvalue weighted by Gasteiger charge is -2.15. The SMILES string of the molecule is COc1ccccc1-n1cc(CCl)c(=O)cc1C. The highest BCUT2D eigenvalue weighted by molar-refractivity contribution is 6.17. The van der Waals surface area contributed by atoms with E-state index in [1.54, 1.807) is 19.4 Å².